The second-order valence-electron chi connectivity index (χ2n) is 6.52. The molecule has 0 radical (unpaired) electrons. The molecule has 0 fully saturated rings. The third-order valence-electron chi connectivity index (χ3n) is 4.34. The van der Waals surface area contributed by atoms with E-state index in [2.05, 4.69) is 20.9 Å². The molecule has 0 aliphatic heterocycles. The fourth-order valence-electron chi connectivity index (χ4n) is 3.17. The molecule has 0 saturated carbocycles. The Hall–Kier alpha value is -2.88. The summed E-state index contributed by atoms with van der Waals surface area (Å²) in [7, 11) is 0. The molecule has 0 bridgehead atoms. The fraction of sp³-hybridized carbons (Fsp3) is 0.238. The van der Waals surface area contributed by atoms with Gasteiger partial charge in [-0.15, -0.1) is 0 Å². The van der Waals surface area contributed by atoms with Crippen LogP contribution >= 0.6 is 0 Å². The number of aromatic nitrogens is 2. The predicted molar refractivity (Wildman–Crippen MR) is 101 cm³/mol. The zero-order valence-corrected chi connectivity index (χ0v) is 15.1. The molecule has 25 heavy (non-hydrogen) atoms. The Balaban J connectivity index is 1.85. The van der Waals surface area contributed by atoms with E-state index in [0.29, 0.717) is 12.1 Å². The molecule has 0 unspecified atom stereocenters. The summed E-state index contributed by atoms with van der Waals surface area (Å²) in [5, 5.41) is 3.02. The summed E-state index contributed by atoms with van der Waals surface area (Å²) in [6.45, 7) is 8.72. The first-order chi connectivity index (χ1) is 11.9. The van der Waals surface area contributed by atoms with Crippen LogP contribution in [0.4, 0.5) is 5.69 Å². The van der Waals surface area contributed by atoms with Crippen LogP contribution in [0, 0.1) is 27.7 Å². The molecule has 0 aliphatic carbocycles. The number of benzene rings is 1. The normalized spacial score (nSPS) is 10.7. The number of nitrogens with zero attached hydrogens (tertiary/aromatic N) is 2. The summed E-state index contributed by atoms with van der Waals surface area (Å²) < 4.78 is 2.12. The van der Waals surface area contributed by atoms with Gasteiger partial charge in [-0.2, -0.15) is 0 Å². The number of hydrogen-bond acceptors (Lipinski definition) is 2. The van der Waals surface area contributed by atoms with Gasteiger partial charge in [-0.25, -0.2) is 0 Å². The van der Waals surface area contributed by atoms with E-state index in [1.165, 1.54) is 0 Å². The number of amides is 1. The topological polar surface area (TPSA) is 46.9 Å². The molecule has 3 rings (SSSR count). The Bertz CT molecular complexity index is 890. The van der Waals surface area contributed by atoms with E-state index in [1.807, 2.05) is 64.1 Å². The van der Waals surface area contributed by atoms with Crippen molar-refractivity contribution in [2.75, 3.05) is 5.32 Å². The quantitative estimate of drug-likeness (QED) is 0.768. The Morgan fingerprint density at radius 1 is 1.04 bits per heavy atom. The summed E-state index contributed by atoms with van der Waals surface area (Å²) in [6.07, 6.45) is 1.79. The van der Waals surface area contributed by atoms with Crippen LogP contribution in [0.1, 0.15) is 38.6 Å². The van der Waals surface area contributed by atoms with Gasteiger partial charge in [0.05, 0.1) is 17.8 Å². The Morgan fingerprint density at radius 2 is 1.76 bits per heavy atom. The number of hydrogen-bond donors (Lipinski definition) is 1. The van der Waals surface area contributed by atoms with Crippen LogP contribution in [-0.2, 0) is 6.54 Å². The minimum absolute atomic E-state index is 0.0784. The van der Waals surface area contributed by atoms with Crippen molar-refractivity contribution < 1.29 is 4.79 Å². The summed E-state index contributed by atoms with van der Waals surface area (Å²) in [5.74, 6) is -0.0784. The van der Waals surface area contributed by atoms with Crippen molar-refractivity contribution in [1.29, 1.82) is 0 Å². The molecule has 128 valence electrons. The van der Waals surface area contributed by atoms with Crippen molar-refractivity contribution >= 4 is 11.6 Å². The maximum Gasteiger partial charge on any atom is 0.257 e. The average Bonchev–Trinajstić information content (AvgIpc) is 2.83. The summed E-state index contributed by atoms with van der Waals surface area (Å²) >= 11 is 0. The number of pyridine rings is 1. The van der Waals surface area contributed by atoms with Crippen molar-refractivity contribution in [2.24, 2.45) is 0 Å². The smallest absolute Gasteiger partial charge is 0.257 e. The first-order valence-electron chi connectivity index (χ1n) is 8.40. The van der Waals surface area contributed by atoms with Gasteiger partial charge < -0.3 is 9.88 Å². The highest BCUT2D eigenvalue weighted by Crippen LogP contribution is 2.20. The van der Waals surface area contributed by atoms with Crippen molar-refractivity contribution in [3.8, 4) is 0 Å². The maximum absolute atomic E-state index is 12.7. The van der Waals surface area contributed by atoms with Crippen molar-refractivity contribution in [3.05, 3.63) is 82.4 Å². The van der Waals surface area contributed by atoms with Gasteiger partial charge in [-0.3, -0.25) is 9.78 Å². The number of carbonyl (C=O) groups excluding carboxylic acids is 1. The Kier molecular flexibility index (Phi) is 4.70. The lowest BCUT2D eigenvalue weighted by molar-refractivity contribution is 0.102. The predicted octanol–water partition coefficient (Wildman–Crippen LogP) is 4.42. The first kappa shape index (κ1) is 17.0. The van der Waals surface area contributed by atoms with E-state index >= 15 is 0 Å². The number of carbonyl (C=O) groups is 1. The molecule has 0 saturated heterocycles. The standard InChI is InChI=1S/C21H23N3O/c1-14-9-15(2)11-19(10-14)23-21(25)20-12-16(3)24(17(20)4)13-18-7-5-6-8-22-18/h5-12H,13H2,1-4H3,(H,23,25). The van der Waals surface area contributed by atoms with E-state index in [-0.39, 0.29) is 5.91 Å². The van der Waals surface area contributed by atoms with Gasteiger partial charge in [-0.05, 0) is 69.2 Å². The number of nitrogens with one attached hydrogen (secondary N) is 1. The summed E-state index contributed by atoms with van der Waals surface area (Å²) in [5.41, 5.74) is 6.78. The molecule has 1 aromatic carbocycles. The minimum Gasteiger partial charge on any atom is -0.342 e. The van der Waals surface area contributed by atoms with E-state index in [4.69, 9.17) is 0 Å². The van der Waals surface area contributed by atoms with E-state index in [1.54, 1.807) is 6.20 Å². The zero-order chi connectivity index (χ0) is 18.0. The van der Waals surface area contributed by atoms with Crippen LogP contribution in [0.5, 0.6) is 0 Å². The van der Waals surface area contributed by atoms with Crippen LogP contribution in [0.3, 0.4) is 0 Å². The lowest BCUT2D eigenvalue weighted by atomic mass is 10.1. The molecule has 0 aliphatic rings. The maximum atomic E-state index is 12.7. The molecule has 4 nitrogen and oxygen atoms in total. The molecule has 2 aromatic heterocycles. The van der Waals surface area contributed by atoms with Crippen molar-refractivity contribution in [1.82, 2.24) is 9.55 Å². The molecule has 0 atom stereocenters. The molecule has 1 N–H and O–H groups in total. The SMILES string of the molecule is Cc1cc(C)cc(NC(=O)c2cc(C)n(Cc3ccccn3)c2C)c1. The second kappa shape index (κ2) is 6.93. The molecule has 4 heteroatoms. The van der Waals surface area contributed by atoms with E-state index in [9.17, 15) is 4.79 Å². The first-order valence-corrected chi connectivity index (χ1v) is 8.40. The van der Waals surface area contributed by atoms with Gasteiger partial charge in [0, 0.05) is 23.3 Å². The van der Waals surface area contributed by atoms with Gasteiger partial charge in [0.1, 0.15) is 0 Å². The van der Waals surface area contributed by atoms with E-state index < -0.39 is 0 Å². The lowest BCUT2D eigenvalue weighted by Gasteiger charge is -2.10. The molecule has 1 amide bonds. The fourth-order valence-corrected chi connectivity index (χ4v) is 3.17. The average molecular weight is 333 g/mol. The summed E-state index contributed by atoms with van der Waals surface area (Å²) in [6, 6.07) is 13.9. The Labute approximate surface area is 148 Å². The molecule has 2 heterocycles. The highest BCUT2D eigenvalue weighted by atomic mass is 16.1. The van der Waals surface area contributed by atoms with Crippen LogP contribution in [0.2, 0.25) is 0 Å². The summed E-state index contributed by atoms with van der Waals surface area (Å²) in [4.78, 5) is 17.1. The number of anilines is 1. The van der Waals surface area contributed by atoms with Gasteiger partial charge in [0.15, 0.2) is 0 Å². The third kappa shape index (κ3) is 3.79. The lowest BCUT2D eigenvalue weighted by Crippen LogP contribution is -2.14. The van der Waals surface area contributed by atoms with E-state index in [0.717, 1.165) is 33.9 Å². The second-order valence-corrected chi connectivity index (χ2v) is 6.52. The van der Waals surface area contributed by atoms with Gasteiger partial charge in [-0.1, -0.05) is 12.1 Å². The van der Waals surface area contributed by atoms with Crippen LogP contribution in [0.25, 0.3) is 0 Å². The molecular formula is C21H23N3O. The van der Waals surface area contributed by atoms with Crippen molar-refractivity contribution in [2.45, 2.75) is 34.2 Å². The Morgan fingerprint density at radius 3 is 2.40 bits per heavy atom. The number of aryl methyl sites for hydroxylation is 3. The highest BCUT2D eigenvalue weighted by Gasteiger charge is 2.16. The molecular weight excluding hydrogens is 310 g/mol. The van der Waals surface area contributed by atoms with Gasteiger partial charge in [0.2, 0.25) is 0 Å². The zero-order valence-electron chi connectivity index (χ0n) is 15.1. The number of rotatable bonds is 4. The van der Waals surface area contributed by atoms with Crippen molar-refractivity contribution in [3.63, 3.8) is 0 Å². The largest absolute Gasteiger partial charge is 0.342 e. The molecule has 0 spiro atoms. The van der Waals surface area contributed by atoms with Gasteiger partial charge in [0.25, 0.3) is 5.91 Å². The third-order valence-corrected chi connectivity index (χ3v) is 4.34. The van der Waals surface area contributed by atoms with Crippen LogP contribution in [-0.4, -0.2) is 15.5 Å². The van der Waals surface area contributed by atoms with Crippen LogP contribution in [0.15, 0.2) is 48.7 Å². The monoisotopic (exact) mass is 333 g/mol. The van der Waals surface area contributed by atoms with Gasteiger partial charge >= 0.3 is 0 Å². The van der Waals surface area contributed by atoms with Crippen LogP contribution < -0.4 is 5.32 Å². The highest BCUT2D eigenvalue weighted by molar-refractivity contribution is 6.05. The minimum atomic E-state index is -0.0784. The molecule has 3 aromatic rings.